The fraction of sp³-hybridized carbons (Fsp3) is 0.455. The third-order valence-electron chi connectivity index (χ3n) is 2.29. The number of hydrogen-bond acceptors (Lipinski definition) is 4. The second-order valence-corrected chi connectivity index (χ2v) is 3.53. The van der Waals surface area contributed by atoms with Gasteiger partial charge in [0, 0.05) is 17.4 Å². The van der Waals surface area contributed by atoms with Crippen molar-refractivity contribution in [2.75, 3.05) is 13.7 Å². The highest BCUT2D eigenvalue weighted by Gasteiger charge is 2.14. The molecule has 0 fully saturated rings. The van der Waals surface area contributed by atoms with Gasteiger partial charge in [-0.25, -0.2) is 0 Å². The van der Waals surface area contributed by atoms with E-state index in [4.69, 9.17) is 9.47 Å². The van der Waals surface area contributed by atoms with Crippen molar-refractivity contribution in [1.29, 1.82) is 0 Å². The molecule has 0 aromatic heterocycles. The van der Waals surface area contributed by atoms with Crippen molar-refractivity contribution in [2.24, 2.45) is 0 Å². The van der Waals surface area contributed by atoms with E-state index in [0.29, 0.717) is 11.5 Å². The van der Waals surface area contributed by atoms with E-state index in [1.54, 1.807) is 19.2 Å². The number of nitrogens with zero attached hydrogens (tertiary/aromatic N) is 1. The van der Waals surface area contributed by atoms with Crippen LogP contribution in [0.4, 0.5) is 0 Å². The van der Waals surface area contributed by atoms with Crippen LogP contribution in [0.15, 0.2) is 18.2 Å². The van der Waals surface area contributed by atoms with E-state index in [-0.39, 0.29) is 11.5 Å². The van der Waals surface area contributed by atoms with Crippen LogP contribution in [0.2, 0.25) is 0 Å². The molecule has 1 rings (SSSR count). The topological polar surface area (TPSA) is 61.6 Å². The molecule has 1 aromatic carbocycles. The maximum absolute atomic E-state index is 10.4. The number of rotatable bonds is 5. The Morgan fingerprint density at radius 3 is 2.62 bits per heavy atom. The van der Waals surface area contributed by atoms with Crippen LogP contribution in [0.5, 0.6) is 11.5 Å². The van der Waals surface area contributed by atoms with Gasteiger partial charge in [0.25, 0.3) is 0 Å². The van der Waals surface area contributed by atoms with Crippen LogP contribution in [-0.2, 0) is 0 Å². The molecular weight excluding hydrogens is 210 g/mol. The molecule has 0 bridgehead atoms. The Kier molecular flexibility index (Phi) is 4.10. The average Bonchev–Trinajstić information content (AvgIpc) is 2.27. The summed E-state index contributed by atoms with van der Waals surface area (Å²) in [5.41, 5.74) is 0.848. The highest BCUT2D eigenvalue weighted by atomic mass is 16.6. The van der Waals surface area contributed by atoms with Gasteiger partial charge in [0.2, 0.25) is 6.04 Å². The van der Waals surface area contributed by atoms with Crippen LogP contribution in [0.1, 0.15) is 12.5 Å². The minimum atomic E-state index is -0.717. The number of ether oxygens (including phenoxy) is 2. The first-order chi connectivity index (χ1) is 7.56. The van der Waals surface area contributed by atoms with Crippen molar-refractivity contribution >= 4 is 0 Å². The van der Waals surface area contributed by atoms with Gasteiger partial charge in [-0.05, 0) is 19.1 Å². The first-order valence-electron chi connectivity index (χ1n) is 4.96. The zero-order valence-corrected chi connectivity index (χ0v) is 9.60. The molecule has 0 amide bonds. The van der Waals surface area contributed by atoms with Gasteiger partial charge in [0.05, 0.1) is 7.11 Å². The Morgan fingerprint density at radius 2 is 2.06 bits per heavy atom. The molecule has 0 aliphatic heterocycles. The molecular formula is C11H15NO4. The molecule has 0 aliphatic carbocycles. The van der Waals surface area contributed by atoms with Crippen LogP contribution in [0.25, 0.3) is 0 Å². The summed E-state index contributed by atoms with van der Waals surface area (Å²) in [7, 11) is 1.58. The second kappa shape index (κ2) is 5.34. The van der Waals surface area contributed by atoms with Gasteiger partial charge in [-0.1, -0.05) is 6.07 Å². The first kappa shape index (κ1) is 12.3. The van der Waals surface area contributed by atoms with Crippen LogP contribution < -0.4 is 9.47 Å². The minimum Gasteiger partial charge on any atom is -0.496 e. The Balaban J connectivity index is 2.71. The molecule has 0 N–H and O–H groups in total. The monoisotopic (exact) mass is 225 g/mol. The van der Waals surface area contributed by atoms with Crippen LogP contribution in [0.3, 0.4) is 0 Å². The third kappa shape index (κ3) is 2.85. The van der Waals surface area contributed by atoms with E-state index < -0.39 is 6.04 Å². The number of hydrogen-bond donors (Lipinski definition) is 0. The van der Waals surface area contributed by atoms with E-state index in [1.165, 1.54) is 6.92 Å². The van der Waals surface area contributed by atoms with Crippen molar-refractivity contribution in [1.82, 2.24) is 0 Å². The summed E-state index contributed by atoms with van der Waals surface area (Å²) in [4.78, 5) is 10.1. The van der Waals surface area contributed by atoms with Gasteiger partial charge < -0.3 is 9.47 Å². The normalized spacial score (nSPS) is 11.9. The highest BCUT2D eigenvalue weighted by Crippen LogP contribution is 2.26. The van der Waals surface area contributed by atoms with Crippen LogP contribution >= 0.6 is 0 Å². The molecule has 0 spiro atoms. The Morgan fingerprint density at radius 1 is 1.44 bits per heavy atom. The largest absolute Gasteiger partial charge is 0.496 e. The van der Waals surface area contributed by atoms with Gasteiger partial charge in [0.15, 0.2) is 6.61 Å². The van der Waals surface area contributed by atoms with Crippen molar-refractivity contribution < 1.29 is 14.4 Å². The fourth-order valence-corrected chi connectivity index (χ4v) is 1.24. The molecule has 5 heteroatoms. The smallest absolute Gasteiger partial charge is 0.243 e. The molecule has 1 atom stereocenters. The van der Waals surface area contributed by atoms with Crippen molar-refractivity contribution in [3.8, 4) is 11.5 Å². The Bertz CT molecular complexity index is 378. The average molecular weight is 225 g/mol. The summed E-state index contributed by atoms with van der Waals surface area (Å²) in [5, 5.41) is 10.4. The quantitative estimate of drug-likeness (QED) is 0.568. The molecule has 0 aliphatic rings. The van der Waals surface area contributed by atoms with E-state index in [2.05, 4.69) is 0 Å². The lowest BCUT2D eigenvalue weighted by molar-refractivity contribution is -0.520. The van der Waals surface area contributed by atoms with Crippen molar-refractivity contribution in [3.05, 3.63) is 33.9 Å². The molecule has 1 aromatic rings. The predicted molar refractivity (Wildman–Crippen MR) is 59.7 cm³/mol. The Hall–Kier alpha value is -1.78. The van der Waals surface area contributed by atoms with Crippen molar-refractivity contribution in [3.63, 3.8) is 0 Å². The van der Waals surface area contributed by atoms with Crippen LogP contribution in [0, 0.1) is 17.0 Å². The summed E-state index contributed by atoms with van der Waals surface area (Å²) in [6, 6.07) is 4.66. The predicted octanol–water partition coefficient (Wildman–Crippen LogP) is 2.05. The number of nitro groups is 1. The lowest BCUT2D eigenvalue weighted by Gasteiger charge is -2.12. The third-order valence-corrected chi connectivity index (χ3v) is 2.29. The molecule has 0 radical (unpaired) electrons. The minimum absolute atomic E-state index is 0.0566. The summed E-state index contributed by atoms with van der Waals surface area (Å²) in [6.07, 6.45) is 0. The molecule has 0 saturated carbocycles. The molecule has 5 nitrogen and oxygen atoms in total. The van der Waals surface area contributed by atoms with E-state index in [9.17, 15) is 10.1 Å². The molecule has 1 unspecified atom stereocenters. The summed E-state index contributed by atoms with van der Waals surface area (Å²) < 4.78 is 10.5. The van der Waals surface area contributed by atoms with Crippen molar-refractivity contribution in [2.45, 2.75) is 19.9 Å². The fourth-order valence-electron chi connectivity index (χ4n) is 1.24. The van der Waals surface area contributed by atoms with Crippen LogP contribution in [-0.4, -0.2) is 24.7 Å². The maximum Gasteiger partial charge on any atom is 0.243 e. The first-order valence-corrected chi connectivity index (χ1v) is 4.96. The second-order valence-electron chi connectivity index (χ2n) is 3.53. The highest BCUT2D eigenvalue weighted by molar-refractivity contribution is 5.43. The zero-order valence-electron chi connectivity index (χ0n) is 9.60. The summed E-state index contributed by atoms with van der Waals surface area (Å²) in [6.45, 7) is 3.42. The molecule has 0 heterocycles. The Labute approximate surface area is 94.1 Å². The number of benzene rings is 1. The van der Waals surface area contributed by atoms with Gasteiger partial charge in [-0.3, -0.25) is 10.1 Å². The number of methoxy groups -OCH3 is 1. The van der Waals surface area contributed by atoms with Gasteiger partial charge in [-0.2, -0.15) is 0 Å². The van der Waals surface area contributed by atoms with E-state index >= 15 is 0 Å². The zero-order chi connectivity index (χ0) is 12.1. The summed E-state index contributed by atoms with van der Waals surface area (Å²) in [5.74, 6) is 1.33. The molecule has 88 valence electrons. The van der Waals surface area contributed by atoms with E-state index in [0.717, 1.165) is 5.56 Å². The lowest BCUT2D eigenvalue weighted by atomic mass is 10.2. The SMILES string of the molecule is COc1cccc(OCC(C)[N+](=O)[O-])c1C. The maximum atomic E-state index is 10.4. The standard InChI is InChI=1S/C11H15NO4/c1-8(12(13)14)7-16-11-6-4-5-10(15-3)9(11)2/h4-6,8H,7H2,1-3H3. The van der Waals surface area contributed by atoms with Gasteiger partial charge in [-0.15, -0.1) is 0 Å². The summed E-state index contributed by atoms with van der Waals surface area (Å²) >= 11 is 0. The van der Waals surface area contributed by atoms with E-state index in [1.807, 2.05) is 13.0 Å². The van der Waals surface area contributed by atoms with Gasteiger partial charge in [0.1, 0.15) is 11.5 Å². The molecule has 0 saturated heterocycles. The van der Waals surface area contributed by atoms with Gasteiger partial charge >= 0.3 is 0 Å². The molecule has 16 heavy (non-hydrogen) atoms. The lowest BCUT2D eigenvalue weighted by Crippen LogP contribution is -2.23.